The fraction of sp³-hybridized carbons (Fsp3) is 0.133. The Morgan fingerprint density at radius 1 is 1.00 bits per heavy atom. The highest BCUT2D eigenvalue weighted by Gasteiger charge is 2.14. The van der Waals surface area contributed by atoms with Crippen molar-refractivity contribution in [3.63, 3.8) is 0 Å². The van der Waals surface area contributed by atoms with Crippen molar-refractivity contribution in [2.75, 3.05) is 24.5 Å². The minimum atomic E-state index is -0.334. The fourth-order valence-corrected chi connectivity index (χ4v) is 1.94. The Morgan fingerprint density at radius 2 is 1.67 bits per heavy atom. The molecule has 0 saturated heterocycles. The number of hydrogen-bond donors (Lipinski definition) is 2. The summed E-state index contributed by atoms with van der Waals surface area (Å²) in [6.45, 7) is 0.205. The summed E-state index contributed by atoms with van der Waals surface area (Å²) >= 11 is 0. The van der Waals surface area contributed by atoms with E-state index in [0.717, 1.165) is 5.75 Å². The molecule has 21 heavy (non-hydrogen) atoms. The Kier molecular flexibility index (Phi) is 3.51. The van der Waals surface area contributed by atoms with Crippen molar-refractivity contribution >= 4 is 17.4 Å². The van der Waals surface area contributed by atoms with Crippen LogP contribution in [0.4, 0.5) is 16.2 Å². The molecule has 2 N–H and O–H groups in total. The molecule has 0 unspecified atom stereocenters. The number of urea groups is 1. The molecule has 6 nitrogen and oxygen atoms in total. The molecule has 0 spiro atoms. The molecule has 1 aliphatic heterocycles. The van der Waals surface area contributed by atoms with Gasteiger partial charge in [0.1, 0.15) is 5.75 Å². The molecule has 2 aromatic rings. The van der Waals surface area contributed by atoms with Crippen molar-refractivity contribution in [3.8, 4) is 17.2 Å². The number of anilines is 2. The zero-order valence-electron chi connectivity index (χ0n) is 11.4. The average molecular weight is 286 g/mol. The van der Waals surface area contributed by atoms with Crippen molar-refractivity contribution < 1.29 is 19.0 Å². The minimum Gasteiger partial charge on any atom is -0.497 e. The lowest BCUT2D eigenvalue weighted by Crippen LogP contribution is -2.19. The first-order valence-electron chi connectivity index (χ1n) is 6.36. The third kappa shape index (κ3) is 3.00. The number of fused-ring (bicyclic) bond motifs is 1. The molecular weight excluding hydrogens is 272 g/mol. The van der Waals surface area contributed by atoms with Crippen molar-refractivity contribution in [2.24, 2.45) is 0 Å². The van der Waals surface area contributed by atoms with Gasteiger partial charge in [-0.2, -0.15) is 0 Å². The van der Waals surface area contributed by atoms with Gasteiger partial charge in [-0.05, 0) is 36.4 Å². The van der Waals surface area contributed by atoms with Gasteiger partial charge >= 0.3 is 6.03 Å². The van der Waals surface area contributed by atoms with Crippen LogP contribution in [-0.4, -0.2) is 19.9 Å². The summed E-state index contributed by atoms with van der Waals surface area (Å²) in [4.78, 5) is 11.9. The maximum atomic E-state index is 11.9. The third-order valence-corrected chi connectivity index (χ3v) is 2.98. The van der Waals surface area contributed by atoms with Crippen LogP contribution >= 0.6 is 0 Å². The molecule has 0 radical (unpaired) electrons. The van der Waals surface area contributed by atoms with Crippen molar-refractivity contribution in [2.45, 2.75) is 0 Å². The predicted molar refractivity (Wildman–Crippen MR) is 78.2 cm³/mol. The number of amides is 2. The van der Waals surface area contributed by atoms with E-state index in [2.05, 4.69) is 10.6 Å². The van der Waals surface area contributed by atoms with Gasteiger partial charge in [-0.15, -0.1) is 0 Å². The number of carbonyl (C=O) groups excluding carboxylic acids is 1. The summed E-state index contributed by atoms with van der Waals surface area (Å²) in [6, 6.07) is 12.0. The zero-order valence-corrected chi connectivity index (χ0v) is 11.4. The fourth-order valence-electron chi connectivity index (χ4n) is 1.94. The standard InChI is InChI=1S/C15H14N2O4/c1-19-12-5-2-10(3-6-12)16-15(18)17-11-4-7-13-14(8-11)21-9-20-13/h2-8H,9H2,1H3,(H2,16,17,18). The van der Waals surface area contributed by atoms with Crippen LogP contribution in [0.5, 0.6) is 17.2 Å². The van der Waals surface area contributed by atoms with Crippen LogP contribution in [0.1, 0.15) is 0 Å². The highest BCUT2D eigenvalue weighted by molar-refractivity contribution is 5.99. The summed E-state index contributed by atoms with van der Waals surface area (Å²) in [6.07, 6.45) is 0. The maximum Gasteiger partial charge on any atom is 0.323 e. The average Bonchev–Trinajstić information content (AvgIpc) is 2.95. The van der Waals surface area contributed by atoms with Gasteiger partial charge in [-0.25, -0.2) is 4.79 Å². The highest BCUT2D eigenvalue weighted by atomic mass is 16.7. The molecule has 0 aromatic heterocycles. The highest BCUT2D eigenvalue weighted by Crippen LogP contribution is 2.34. The summed E-state index contributed by atoms with van der Waals surface area (Å²) < 4.78 is 15.5. The van der Waals surface area contributed by atoms with Crippen molar-refractivity contribution in [3.05, 3.63) is 42.5 Å². The number of ether oxygens (including phenoxy) is 3. The van der Waals surface area contributed by atoms with E-state index in [9.17, 15) is 4.79 Å². The van der Waals surface area contributed by atoms with Gasteiger partial charge in [0.15, 0.2) is 11.5 Å². The molecule has 2 aromatic carbocycles. The molecule has 0 atom stereocenters. The van der Waals surface area contributed by atoms with Crippen LogP contribution in [0.2, 0.25) is 0 Å². The number of nitrogens with one attached hydrogen (secondary N) is 2. The molecule has 108 valence electrons. The van der Waals surface area contributed by atoms with Crippen molar-refractivity contribution in [1.29, 1.82) is 0 Å². The van der Waals surface area contributed by atoms with E-state index in [0.29, 0.717) is 22.9 Å². The minimum absolute atomic E-state index is 0.205. The third-order valence-electron chi connectivity index (χ3n) is 2.98. The van der Waals surface area contributed by atoms with E-state index in [1.807, 2.05) is 0 Å². The molecule has 0 fully saturated rings. The second kappa shape index (κ2) is 5.62. The molecule has 1 aliphatic rings. The van der Waals surface area contributed by atoms with Gasteiger partial charge < -0.3 is 24.8 Å². The molecule has 2 amide bonds. The Balaban J connectivity index is 1.63. The normalized spacial score (nSPS) is 11.9. The maximum absolute atomic E-state index is 11.9. The second-order valence-corrected chi connectivity index (χ2v) is 4.38. The van der Waals surface area contributed by atoms with Crippen LogP contribution in [0.3, 0.4) is 0 Å². The topological polar surface area (TPSA) is 68.8 Å². The lowest BCUT2D eigenvalue weighted by molar-refractivity contribution is 0.174. The number of methoxy groups -OCH3 is 1. The Bertz CT molecular complexity index is 655. The number of benzene rings is 2. The number of hydrogen-bond acceptors (Lipinski definition) is 4. The Morgan fingerprint density at radius 3 is 2.43 bits per heavy atom. The zero-order chi connectivity index (χ0) is 14.7. The SMILES string of the molecule is COc1ccc(NC(=O)Nc2ccc3c(c2)OCO3)cc1. The van der Waals surface area contributed by atoms with E-state index in [4.69, 9.17) is 14.2 Å². The molecule has 6 heteroatoms. The van der Waals surface area contributed by atoms with Gasteiger partial charge in [0.25, 0.3) is 0 Å². The summed E-state index contributed by atoms with van der Waals surface area (Å²) in [5.74, 6) is 2.03. The van der Waals surface area contributed by atoms with Crippen LogP contribution in [0, 0.1) is 0 Å². The largest absolute Gasteiger partial charge is 0.497 e. The predicted octanol–water partition coefficient (Wildman–Crippen LogP) is 3.07. The Hall–Kier alpha value is -2.89. The first-order valence-corrected chi connectivity index (χ1v) is 6.36. The van der Waals surface area contributed by atoms with E-state index in [1.54, 1.807) is 49.6 Å². The van der Waals surface area contributed by atoms with E-state index in [-0.39, 0.29) is 12.8 Å². The van der Waals surface area contributed by atoms with Gasteiger partial charge in [0.05, 0.1) is 7.11 Å². The van der Waals surface area contributed by atoms with Crippen LogP contribution in [0.25, 0.3) is 0 Å². The van der Waals surface area contributed by atoms with Crippen LogP contribution < -0.4 is 24.8 Å². The van der Waals surface area contributed by atoms with Crippen LogP contribution in [-0.2, 0) is 0 Å². The lowest BCUT2D eigenvalue weighted by Gasteiger charge is -2.08. The van der Waals surface area contributed by atoms with E-state index < -0.39 is 0 Å². The molecule has 0 bridgehead atoms. The smallest absolute Gasteiger partial charge is 0.323 e. The first kappa shape index (κ1) is 13.1. The van der Waals surface area contributed by atoms with Crippen molar-refractivity contribution in [1.82, 2.24) is 0 Å². The molecule has 0 saturated carbocycles. The second-order valence-electron chi connectivity index (χ2n) is 4.38. The van der Waals surface area contributed by atoms with Crippen LogP contribution in [0.15, 0.2) is 42.5 Å². The van der Waals surface area contributed by atoms with Gasteiger partial charge in [0, 0.05) is 17.4 Å². The lowest BCUT2D eigenvalue weighted by atomic mass is 10.3. The number of rotatable bonds is 3. The van der Waals surface area contributed by atoms with E-state index in [1.165, 1.54) is 0 Å². The summed E-state index contributed by atoms with van der Waals surface area (Å²) in [7, 11) is 1.59. The van der Waals surface area contributed by atoms with Gasteiger partial charge in [-0.1, -0.05) is 0 Å². The van der Waals surface area contributed by atoms with E-state index >= 15 is 0 Å². The Labute approximate surface area is 121 Å². The summed E-state index contributed by atoms with van der Waals surface area (Å²) in [5.41, 5.74) is 1.30. The first-order chi connectivity index (χ1) is 10.2. The quantitative estimate of drug-likeness (QED) is 0.909. The van der Waals surface area contributed by atoms with Gasteiger partial charge in [0.2, 0.25) is 6.79 Å². The molecule has 0 aliphatic carbocycles. The molecule has 3 rings (SSSR count). The molecule has 1 heterocycles. The van der Waals surface area contributed by atoms with Gasteiger partial charge in [-0.3, -0.25) is 0 Å². The number of carbonyl (C=O) groups is 1. The summed E-state index contributed by atoms with van der Waals surface area (Å²) in [5, 5.41) is 5.46. The monoisotopic (exact) mass is 286 g/mol. The molecular formula is C15H14N2O4.